The molecule has 1 saturated carbocycles. The van der Waals surface area contributed by atoms with Crippen molar-refractivity contribution in [3.8, 4) is 35.3 Å². The fraction of sp³-hybridized carbons (Fsp3) is 0.375. The molecule has 0 aliphatic heterocycles. The van der Waals surface area contributed by atoms with Gasteiger partial charge in [0.2, 0.25) is 11.8 Å². The van der Waals surface area contributed by atoms with Gasteiger partial charge in [0, 0.05) is 29.6 Å². The summed E-state index contributed by atoms with van der Waals surface area (Å²) in [6.45, 7) is 0.969. The molecule has 0 atom stereocenters. The molecule has 1 aliphatic rings. The Kier molecular flexibility index (Phi) is 6.53. The van der Waals surface area contributed by atoms with E-state index in [2.05, 4.69) is 31.0 Å². The van der Waals surface area contributed by atoms with Gasteiger partial charge in [-0.05, 0) is 43.7 Å². The van der Waals surface area contributed by atoms with Crippen LogP contribution >= 0.6 is 11.6 Å². The second kappa shape index (κ2) is 9.90. The van der Waals surface area contributed by atoms with Gasteiger partial charge in [0.1, 0.15) is 11.2 Å². The van der Waals surface area contributed by atoms with Crippen molar-refractivity contribution in [2.75, 3.05) is 18.5 Å². The third-order valence-corrected chi connectivity index (χ3v) is 6.48. The van der Waals surface area contributed by atoms with Gasteiger partial charge in [-0.15, -0.1) is 17.4 Å². The van der Waals surface area contributed by atoms with Crippen molar-refractivity contribution >= 4 is 28.7 Å². The van der Waals surface area contributed by atoms with Crippen molar-refractivity contribution in [1.29, 1.82) is 0 Å². The molecular formula is C24H24ClN7O3. The van der Waals surface area contributed by atoms with Gasteiger partial charge in [-0.1, -0.05) is 23.7 Å². The van der Waals surface area contributed by atoms with Crippen LogP contribution in [0, 0.1) is 24.2 Å². The molecule has 11 heteroatoms. The van der Waals surface area contributed by atoms with Crippen molar-refractivity contribution in [2.45, 2.75) is 32.2 Å². The minimum Gasteiger partial charge on any atom is -0.395 e. The largest absolute Gasteiger partial charge is 0.434 e. The van der Waals surface area contributed by atoms with Crippen molar-refractivity contribution in [3.63, 3.8) is 0 Å². The summed E-state index contributed by atoms with van der Waals surface area (Å²) in [5, 5.41) is 19.3. The van der Waals surface area contributed by atoms with Gasteiger partial charge in [-0.2, -0.15) is 4.98 Å². The Morgan fingerprint density at radius 1 is 1.26 bits per heavy atom. The predicted octanol–water partition coefficient (Wildman–Crippen LogP) is 3.33. The molecule has 4 aromatic rings. The molecule has 0 amide bonds. The van der Waals surface area contributed by atoms with Crippen LogP contribution in [0.1, 0.15) is 25.7 Å². The number of imidazole rings is 1. The van der Waals surface area contributed by atoms with E-state index >= 15 is 0 Å². The minimum atomic E-state index is -0.702. The van der Waals surface area contributed by atoms with Crippen LogP contribution in [-0.4, -0.2) is 48.0 Å². The number of terminal acetylenes is 1. The summed E-state index contributed by atoms with van der Waals surface area (Å²) in [6, 6.07) is 7.33. The van der Waals surface area contributed by atoms with Crippen LogP contribution in [0.25, 0.3) is 34.1 Å². The fourth-order valence-electron chi connectivity index (χ4n) is 4.54. The summed E-state index contributed by atoms with van der Waals surface area (Å²) in [6.07, 6.45) is 9.65. The zero-order valence-corrected chi connectivity index (χ0v) is 19.6. The number of fused-ring (bicyclic) bond motifs is 1. The molecule has 1 aromatic carbocycles. The number of rotatable bonds is 7. The summed E-state index contributed by atoms with van der Waals surface area (Å²) >= 11 is 6.30. The molecule has 5 rings (SSSR count). The second-order valence-corrected chi connectivity index (χ2v) is 9.01. The first-order valence-electron chi connectivity index (χ1n) is 11.5. The highest BCUT2D eigenvalue weighted by molar-refractivity contribution is 6.30. The lowest BCUT2D eigenvalue weighted by molar-refractivity contribution is 0.288. The Hall–Kier alpha value is -3.68. The van der Waals surface area contributed by atoms with E-state index in [0.29, 0.717) is 52.8 Å². The van der Waals surface area contributed by atoms with Crippen molar-refractivity contribution in [1.82, 2.24) is 29.7 Å². The molecule has 0 bridgehead atoms. The number of hydrogen-bond donors (Lipinski definition) is 3. The molecule has 3 aromatic heterocycles. The Labute approximate surface area is 205 Å². The summed E-state index contributed by atoms with van der Waals surface area (Å²) < 4.78 is 7.17. The molecular weight excluding hydrogens is 470 g/mol. The molecule has 0 spiro atoms. The maximum atomic E-state index is 11.5. The number of aliphatic hydroxyl groups excluding tert-OH is 1. The second-order valence-electron chi connectivity index (χ2n) is 8.58. The van der Waals surface area contributed by atoms with Crippen molar-refractivity contribution in [3.05, 3.63) is 39.8 Å². The van der Waals surface area contributed by atoms with E-state index in [9.17, 15) is 9.90 Å². The molecule has 1 fully saturated rings. The van der Waals surface area contributed by atoms with Crippen molar-refractivity contribution < 1.29 is 9.52 Å². The van der Waals surface area contributed by atoms with E-state index in [4.69, 9.17) is 32.4 Å². The van der Waals surface area contributed by atoms with E-state index in [1.807, 2.05) is 18.2 Å². The average Bonchev–Trinajstić information content (AvgIpc) is 3.46. The molecule has 35 heavy (non-hydrogen) atoms. The third kappa shape index (κ3) is 4.78. The molecule has 180 valence electrons. The standard InChI is InChI=1S/C24H24ClN7O3/c1-2-14-6-8-15(9-7-14)13-32-19-18(16-4-3-5-17(25)12-16)27-21(22-30-31-24(34)35-22)28-20(19)29-23(32)26-10-11-33/h1,3-5,12,14-15,33H,6-11,13H2,(H,31,34)(H,26,27,28,29). The predicted molar refractivity (Wildman–Crippen MR) is 132 cm³/mol. The highest BCUT2D eigenvalue weighted by atomic mass is 35.5. The van der Waals surface area contributed by atoms with Crippen LogP contribution in [0.4, 0.5) is 5.95 Å². The van der Waals surface area contributed by atoms with Gasteiger partial charge in [0.25, 0.3) is 5.89 Å². The number of aliphatic hydroxyl groups is 1. The number of aromatic amines is 1. The lowest BCUT2D eigenvalue weighted by Crippen LogP contribution is -2.20. The van der Waals surface area contributed by atoms with Gasteiger partial charge >= 0.3 is 5.76 Å². The maximum Gasteiger partial charge on any atom is 0.434 e. The third-order valence-electron chi connectivity index (χ3n) is 6.25. The maximum absolute atomic E-state index is 11.5. The first-order chi connectivity index (χ1) is 17.1. The van der Waals surface area contributed by atoms with Gasteiger partial charge in [0.15, 0.2) is 5.65 Å². The van der Waals surface area contributed by atoms with E-state index in [1.54, 1.807) is 6.07 Å². The van der Waals surface area contributed by atoms with Gasteiger partial charge in [-0.3, -0.25) is 0 Å². The van der Waals surface area contributed by atoms with Crippen LogP contribution in [0.5, 0.6) is 0 Å². The monoisotopic (exact) mass is 493 g/mol. The van der Waals surface area contributed by atoms with Crippen LogP contribution in [0.2, 0.25) is 5.02 Å². The topological polar surface area (TPSA) is 135 Å². The Balaban J connectivity index is 1.67. The average molecular weight is 494 g/mol. The van der Waals surface area contributed by atoms with E-state index in [-0.39, 0.29) is 18.3 Å². The van der Waals surface area contributed by atoms with Crippen LogP contribution in [0.3, 0.4) is 0 Å². The zero-order chi connectivity index (χ0) is 24.4. The quantitative estimate of drug-likeness (QED) is 0.334. The number of halogens is 1. The number of hydrogen-bond acceptors (Lipinski definition) is 8. The van der Waals surface area contributed by atoms with E-state index in [0.717, 1.165) is 31.2 Å². The van der Waals surface area contributed by atoms with Gasteiger partial charge < -0.3 is 19.4 Å². The van der Waals surface area contributed by atoms with Gasteiger partial charge in [0.05, 0.1) is 6.61 Å². The van der Waals surface area contributed by atoms with Gasteiger partial charge in [-0.25, -0.2) is 19.9 Å². The first kappa shape index (κ1) is 23.1. The lowest BCUT2D eigenvalue weighted by Gasteiger charge is -2.26. The Morgan fingerprint density at radius 3 is 2.77 bits per heavy atom. The summed E-state index contributed by atoms with van der Waals surface area (Å²) in [5.74, 6) is 3.58. The SMILES string of the molecule is C#CC1CCC(Cn2c(NCCO)nc3nc(-c4n[nH]c(=O)o4)nc(-c4cccc(Cl)c4)c32)CC1. The first-order valence-corrected chi connectivity index (χ1v) is 11.8. The smallest absolute Gasteiger partial charge is 0.395 e. The minimum absolute atomic E-state index is 0.0350. The molecule has 0 saturated heterocycles. The molecule has 0 unspecified atom stereocenters. The number of nitrogens with one attached hydrogen (secondary N) is 2. The zero-order valence-electron chi connectivity index (χ0n) is 18.9. The Morgan fingerprint density at radius 2 is 2.09 bits per heavy atom. The van der Waals surface area contributed by atoms with Crippen LogP contribution in [0.15, 0.2) is 33.5 Å². The highest BCUT2D eigenvalue weighted by Crippen LogP contribution is 2.35. The van der Waals surface area contributed by atoms with E-state index in [1.165, 1.54) is 0 Å². The molecule has 10 nitrogen and oxygen atoms in total. The Bertz CT molecular complexity index is 1440. The summed E-state index contributed by atoms with van der Waals surface area (Å²) in [5.41, 5.74) is 2.47. The van der Waals surface area contributed by atoms with Crippen LogP contribution in [-0.2, 0) is 6.54 Å². The summed E-state index contributed by atoms with van der Waals surface area (Å²) in [7, 11) is 0. The number of aromatic nitrogens is 6. The number of nitrogens with zero attached hydrogens (tertiary/aromatic N) is 5. The molecule has 3 N–H and O–H groups in total. The van der Waals surface area contributed by atoms with Crippen LogP contribution < -0.4 is 11.1 Å². The van der Waals surface area contributed by atoms with Crippen molar-refractivity contribution in [2.24, 2.45) is 11.8 Å². The molecule has 1 aliphatic carbocycles. The highest BCUT2D eigenvalue weighted by Gasteiger charge is 2.26. The normalized spacial score (nSPS) is 18.0. The molecule has 0 radical (unpaired) electrons. The summed E-state index contributed by atoms with van der Waals surface area (Å²) in [4.78, 5) is 25.5. The molecule has 3 heterocycles. The van der Waals surface area contributed by atoms with E-state index < -0.39 is 5.76 Å². The number of anilines is 1. The number of benzene rings is 1. The lowest BCUT2D eigenvalue weighted by atomic mass is 9.82. The number of H-pyrrole nitrogens is 1. The fourth-order valence-corrected chi connectivity index (χ4v) is 4.73.